The molecule has 4 nitrogen and oxygen atoms in total. The van der Waals surface area contributed by atoms with E-state index >= 15 is 0 Å². The van der Waals surface area contributed by atoms with Gasteiger partial charge >= 0.3 is 0 Å². The third kappa shape index (κ3) is 4.64. The van der Waals surface area contributed by atoms with Crippen LogP contribution in [0.25, 0.3) is 0 Å². The van der Waals surface area contributed by atoms with Crippen molar-refractivity contribution >= 4 is 5.91 Å². The van der Waals surface area contributed by atoms with Crippen LogP contribution < -0.4 is 10.6 Å². The Hall–Kier alpha value is -0.610. The summed E-state index contributed by atoms with van der Waals surface area (Å²) in [6.45, 7) is 9.81. The first-order valence-electron chi connectivity index (χ1n) is 6.68. The van der Waals surface area contributed by atoms with Gasteiger partial charge in [-0.15, -0.1) is 0 Å². The molecule has 0 saturated carbocycles. The van der Waals surface area contributed by atoms with Gasteiger partial charge in [0.15, 0.2) is 0 Å². The Morgan fingerprint density at radius 1 is 1.41 bits per heavy atom. The summed E-state index contributed by atoms with van der Waals surface area (Å²) in [6, 6.07) is 0.437. The minimum Gasteiger partial charge on any atom is -0.381 e. The van der Waals surface area contributed by atoms with E-state index in [2.05, 4.69) is 24.5 Å². The number of nitrogens with one attached hydrogen (secondary N) is 2. The van der Waals surface area contributed by atoms with Crippen LogP contribution in [0.1, 0.15) is 40.5 Å². The van der Waals surface area contributed by atoms with Gasteiger partial charge in [-0.25, -0.2) is 0 Å². The van der Waals surface area contributed by atoms with Crippen molar-refractivity contribution in [2.24, 2.45) is 5.92 Å². The summed E-state index contributed by atoms with van der Waals surface area (Å²) in [5.74, 6) is 0.624. The summed E-state index contributed by atoms with van der Waals surface area (Å²) in [6.07, 6.45) is 2.05. The number of ether oxygens (including phenoxy) is 1. The predicted octanol–water partition coefficient (Wildman–Crippen LogP) is 1.30. The SMILES string of the molecule is CCC(C)NC(=O)C(C)NC(C)C1CCOC1. The molecule has 0 aromatic heterocycles. The van der Waals surface area contributed by atoms with E-state index in [-0.39, 0.29) is 18.0 Å². The van der Waals surface area contributed by atoms with Crippen LogP contribution in [0.5, 0.6) is 0 Å². The number of rotatable bonds is 6. The molecule has 0 bridgehead atoms. The van der Waals surface area contributed by atoms with Crippen LogP contribution >= 0.6 is 0 Å². The molecule has 1 aliphatic rings. The molecule has 1 aliphatic heterocycles. The topological polar surface area (TPSA) is 50.4 Å². The zero-order valence-electron chi connectivity index (χ0n) is 11.5. The fourth-order valence-electron chi connectivity index (χ4n) is 2.02. The highest BCUT2D eigenvalue weighted by Crippen LogP contribution is 2.16. The van der Waals surface area contributed by atoms with Gasteiger partial charge in [-0.05, 0) is 39.5 Å². The molecule has 1 amide bonds. The maximum atomic E-state index is 11.9. The number of hydrogen-bond donors (Lipinski definition) is 2. The summed E-state index contributed by atoms with van der Waals surface area (Å²) in [5.41, 5.74) is 0. The van der Waals surface area contributed by atoms with Crippen molar-refractivity contribution < 1.29 is 9.53 Å². The summed E-state index contributed by atoms with van der Waals surface area (Å²) < 4.78 is 5.36. The van der Waals surface area contributed by atoms with Crippen LogP contribution in [0, 0.1) is 5.92 Å². The fraction of sp³-hybridized carbons (Fsp3) is 0.923. The van der Waals surface area contributed by atoms with Gasteiger partial charge in [-0.1, -0.05) is 6.92 Å². The van der Waals surface area contributed by atoms with Crippen molar-refractivity contribution in [1.82, 2.24) is 10.6 Å². The minimum absolute atomic E-state index is 0.0881. The molecule has 0 radical (unpaired) electrons. The molecule has 4 unspecified atom stereocenters. The molecule has 4 heteroatoms. The van der Waals surface area contributed by atoms with Gasteiger partial charge in [-0.3, -0.25) is 4.79 Å². The Labute approximate surface area is 104 Å². The fourth-order valence-corrected chi connectivity index (χ4v) is 2.02. The van der Waals surface area contributed by atoms with Crippen molar-refractivity contribution in [3.05, 3.63) is 0 Å². The predicted molar refractivity (Wildman–Crippen MR) is 68.9 cm³/mol. The lowest BCUT2D eigenvalue weighted by atomic mass is 10.00. The molecular formula is C13H26N2O2. The van der Waals surface area contributed by atoms with Crippen LogP contribution in [0.3, 0.4) is 0 Å². The molecule has 1 fully saturated rings. The van der Waals surface area contributed by atoms with Crippen molar-refractivity contribution in [1.29, 1.82) is 0 Å². The Balaban J connectivity index is 2.31. The van der Waals surface area contributed by atoms with Gasteiger partial charge in [0.25, 0.3) is 0 Å². The average molecular weight is 242 g/mol. The molecule has 17 heavy (non-hydrogen) atoms. The third-order valence-corrected chi connectivity index (χ3v) is 3.58. The quantitative estimate of drug-likeness (QED) is 0.738. The maximum absolute atomic E-state index is 11.9. The van der Waals surface area contributed by atoms with Crippen LogP contribution in [0.4, 0.5) is 0 Å². The summed E-state index contributed by atoms with van der Waals surface area (Å²) in [4.78, 5) is 11.9. The second-order valence-corrected chi connectivity index (χ2v) is 5.12. The second-order valence-electron chi connectivity index (χ2n) is 5.12. The lowest BCUT2D eigenvalue weighted by Crippen LogP contribution is -2.49. The third-order valence-electron chi connectivity index (χ3n) is 3.58. The molecule has 0 aromatic carbocycles. The van der Waals surface area contributed by atoms with E-state index in [1.165, 1.54) is 0 Å². The highest BCUT2D eigenvalue weighted by molar-refractivity contribution is 5.81. The first-order valence-corrected chi connectivity index (χ1v) is 6.68. The van der Waals surface area contributed by atoms with Gasteiger partial charge in [-0.2, -0.15) is 0 Å². The van der Waals surface area contributed by atoms with E-state index in [0.29, 0.717) is 12.0 Å². The first kappa shape index (κ1) is 14.5. The van der Waals surface area contributed by atoms with Crippen molar-refractivity contribution in [3.8, 4) is 0 Å². The Bertz CT molecular complexity index is 240. The van der Waals surface area contributed by atoms with E-state index in [9.17, 15) is 4.79 Å². The molecule has 0 spiro atoms. The highest BCUT2D eigenvalue weighted by atomic mass is 16.5. The second kappa shape index (κ2) is 6.97. The molecule has 100 valence electrons. The average Bonchev–Trinajstić information content (AvgIpc) is 2.82. The molecule has 2 N–H and O–H groups in total. The zero-order chi connectivity index (χ0) is 12.8. The molecule has 0 aromatic rings. The van der Waals surface area contributed by atoms with Gasteiger partial charge in [0.2, 0.25) is 5.91 Å². The minimum atomic E-state index is -0.139. The monoisotopic (exact) mass is 242 g/mol. The van der Waals surface area contributed by atoms with Crippen LogP contribution in [0.15, 0.2) is 0 Å². The van der Waals surface area contributed by atoms with E-state index in [1.54, 1.807) is 0 Å². The summed E-state index contributed by atoms with van der Waals surface area (Å²) in [7, 11) is 0. The van der Waals surface area contributed by atoms with Gasteiger partial charge < -0.3 is 15.4 Å². The van der Waals surface area contributed by atoms with Crippen LogP contribution in [-0.2, 0) is 9.53 Å². The number of carbonyl (C=O) groups is 1. The normalized spacial score (nSPS) is 25.3. The molecule has 1 rings (SSSR count). The van der Waals surface area contributed by atoms with Gasteiger partial charge in [0, 0.05) is 18.7 Å². The smallest absolute Gasteiger partial charge is 0.237 e. The number of amides is 1. The highest BCUT2D eigenvalue weighted by Gasteiger charge is 2.25. The molecular weight excluding hydrogens is 216 g/mol. The van der Waals surface area contributed by atoms with Crippen molar-refractivity contribution in [2.75, 3.05) is 13.2 Å². The van der Waals surface area contributed by atoms with Crippen molar-refractivity contribution in [3.63, 3.8) is 0 Å². The van der Waals surface area contributed by atoms with Crippen molar-refractivity contribution in [2.45, 2.75) is 58.7 Å². The standard InChI is InChI=1S/C13H26N2O2/c1-5-9(2)14-13(16)11(4)15-10(3)12-6-7-17-8-12/h9-12,15H,5-8H2,1-4H3,(H,14,16). The molecule has 4 atom stereocenters. The zero-order valence-corrected chi connectivity index (χ0v) is 11.5. The first-order chi connectivity index (χ1) is 8.04. The Morgan fingerprint density at radius 2 is 2.12 bits per heavy atom. The van der Waals surface area contributed by atoms with Crippen LogP contribution in [-0.4, -0.2) is 37.2 Å². The molecule has 0 aliphatic carbocycles. The van der Waals surface area contributed by atoms with Gasteiger partial charge in [0.05, 0.1) is 12.6 Å². The lowest BCUT2D eigenvalue weighted by Gasteiger charge is -2.24. The lowest BCUT2D eigenvalue weighted by molar-refractivity contribution is -0.123. The van der Waals surface area contributed by atoms with Crippen LogP contribution in [0.2, 0.25) is 0 Å². The number of carbonyl (C=O) groups excluding carboxylic acids is 1. The largest absolute Gasteiger partial charge is 0.381 e. The Kier molecular flexibility index (Phi) is 5.92. The summed E-state index contributed by atoms with van der Waals surface area (Å²) >= 11 is 0. The van der Waals surface area contributed by atoms with E-state index in [4.69, 9.17) is 4.74 Å². The Morgan fingerprint density at radius 3 is 2.65 bits per heavy atom. The van der Waals surface area contributed by atoms with E-state index < -0.39 is 0 Å². The van der Waals surface area contributed by atoms with E-state index in [0.717, 1.165) is 26.1 Å². The van der Waals surface area contributed by atoms with Gasteiger partial charge in [0.1, 0.15) is 0 Å². The van der Waals surface area contributed by atoms with E-state index in [1.807, 2.05) is 13.8 Å². The number of hydrogen-bond acceptors (Lipinski definition) is 3. The molecule has 1 heterocycles. The maximum Gasteiger partial charge on any atom is 0.237 e. The summed E-state index contributed by atoms with van der Waals surface area (Å²) in [5, 5.41) is 6.35. The molecule has 1 saturated heterocycles.